The fraction of sp³-hybridized carbons (Fsp3) is 0.316. The van der Waals surface area contributed by atoms with Crippen molar-refractivity contribution in [1.29, 1.82) is 0 Å². The molecule has 1 N–H and O–H groups in total. The molecule has 1 saturated heterocycles. The maximum atomic E-state index is 13.0. The fourth-order valence-corrected chi connectivity index (χ4v) is 4.31. The molecular weight excluding hydrogens is 355 g/mol. The largest absolute Gasteiger partial charge is 0.454 e. The Bertz CT molecular complexity index is 800. The van der Waals surface area contributed by atoms with Crippen molar-refractivity contribution in [3.63, 3.8) is 0 Å². The second kappa shape index (κ2) is 7.45. The highest BCUT2D eigenvalue weighted by Crippen LogP contribution is 2.40. The summed E-state index contributed by atoms with van der Waals surface area (Å²) in [6.45, 7) is 1.62. The SMILES string of the molecule is O=C(Nc1ccc(F)cc1)N1CCSC(c2ccc3c(c2)OCO3)CC1. The van der Waals surface area contributed by atoms with Gasteiger partial charge in [-0.15, -0.1) is 0 Å². The zero-order valence-corrected chi connectivity index (χ0v) is 14.9. The van der Waals surface area contributed by atoms with E-state index in [4.69, 9.17) is 9.47 Å². The number of nitrogens with zero attached hydrogens (tertiary/aromatic N) is 1. The van der Waals surface area contributed by atoms with Gasteiger partial charge in [0.25, 0.3) is 0 Å². The van der Waals surface area contributed by atoms with Crippen molar-refractivity contribution in [3.05, 3.63) is 53.8 Å². The number of thioether (sulfide) groups is 1. The smallest absolute Gasteiger partial charge is 0.321 e. The molecule has 136 valence electrons. The molecule has 0 aliphatic carbocycles. The average Bonchev–Trinajstić information content (AvgIpc) is 2.98. The van der Waals surface area contributed by atoms with Crippen LogP contribution in [0.25, 0.3) is 0 Å². The van der Waals surface area contributed by atoms with Crippen LogP contribution in [0.4, 0.5) is 14.9 Å². The van der Waals surface area contributed by atoms with Crippen molar-refractivity contribution in [2.45, 2.75) is 11.7 Å². The number of nitrogens with one attached hydrogen (secondary N) is 1. The molecule has 5 nitrogen and oxygen atoms in total. The fourth-order valence-electron chi connectivity index (χ4n) is 3.09. The lowest BCUT2D eigenvalue weighted by Gasteiger charge is -2.21. The molecule has 1 atom stereocenters. The molecule has 0 spiro atoms. The summed E-state index contributed by atoms with van der Waals surface area (Å²) in [5.74, 6) is 2.11. The van der Waals surface area contributed by atoms with E-state index in [2.05, 4.69) is 11.4 Å². The molecule has 26 heavy (non-hydrogen) atoms. The summed E-state index contributed by atoms with van der Waals surface area (Å²) in [7, 11) is 0. The monoisotopic (exact) mass is 374 g/mol. The molecule has 0 bridgehead atoms. The van der Waals surface area contributed by atoms with E-state index in [9.17, 15) is 9.18 Å². The first-order chi connectivity index (χ1) is 12.7. The highest BCUT2D eigenvalue weighted by atomic mass is 32.2. The van der Waals surface area contributed by atoms with Gasteiger partial charge in [0.05, 0.1) is 0 Å². The number of amides is 2. The van der Waals surface area contributed by atoms with Gasteiger partial charge in [-0.25, -0.2) is 9.18 Å². The van der Waals surface area contributed by atoms with Gasteiger partial charge in [0.15, 0.2) is 11.5 Å². The maximum Gasteiger partial charge on any atom is 0.321 e. The van der Waals surface area contributed by atoms with Crippen molar-refractivity contribution in [2.75, 3.05) is 31.0 Å². The molecular formula is C19H19FN2O3S. The van der Waals surface area contributed by atoms with E-state index in [0.717, 1.165) is 23.7 Å². The van der Waals surface area contributed by atoms with E-state index in [-0.39, 0.29) is 18.6 Å². The zero-order chi connectivity index (χ0) is 17.9. The van der Waals surface area contributed by atoms with Gasteiger partial charge in [0.1, 0.15) is 5.82 Å². The summed E-state index contributed by atoms with van der Waals surface area (Å²) in [6, 6.07) is 11.7. The molecule has 4 rings (SSSR count). The summed E-state index contributed by atoms with van der Waals surface area (Å²) in [5.41, 5.74) is 1.79. The van der Waals surface area contributed by atoms with Crippen LogP contribution < -0.4 is 14.8 Å². The predicted octanol–water partition coefficient (Wildman–Crippen LogP) is 4.27. The molecule has 0 saturated carbocycles. The normalized spacial score (nSPS) is 19.1. The second-order valence-electron chi connectivity index (χ2n) is 6.18. The van der Waals surface area contributed by atoms with Crippen LogP contribution in [0.1, 0.15) is 17.2 Å². The molecule has 1 unspecified atom stereocenters. The molecule has 2 aliphatic rings. The molecule has 2 amide bonds. The Morgan fingerprint density at radius 2 is 1.92 bits per heavy atom. The van der Waals surface area contributed by atoms with E-state index < -0.39 is 0 Å². The molecule has 2 aromatic rings. The summed E-state index contributed by atoms with van der Waals surface area (Å²) in [6.07, 6.45) is 0.862. The minimum Gasteiger partial charge on any atom is -0.454 e. The van der Waals surface area contributed by atoms with Crippen molar-refractivity contribution in [3.8, 4) is 11.5 Å². The minimum absolute atomic E-state index is 0.149. The van der Waals surface area contributed by atoms with Gasteiger partial charge in [-0.3, -0.25) is 0 Å². The quantitative estimate of drug-likeness (QED) is 0.853. The van der Waals surface area contributed by atoms with Crippen LogP contribution in [0, 0.1) is 5.82 Å². The van der Waals surface area contributed by atoms with Crippen LogP contribution >= 0.6 is 11.8 Å². The van der Waals surface area contributed by atoms with E-state index >= 15 is 0 Å². The van der Waals surface area contributed by atoms with Gasteiger partial charge in [0.2, 0.25) is 6.79 Å². The first-order valence-corrected chi connectivity index (χ1v) is 9.56. The number of hydrogen-bond acceptors (Lipinski definition) is 4. The maximum absolute atomic E-state index is 13.0. The number of anilines is 1. The molecule has 2 aliphatic heterocycles. The van der Waals surface area contributed by atoms with Crippen LogP contribution in [0.5, 0.6) is 11.5 Å². The average molecular weight is 374 g/mol. The van der Waals surface area contributed by atoms with E-state index in [1.54, 1.807) is 12.1 Å². The number of fused-ring (bicyclic) bond motifs is 1. The predicted molar refractivity (Wildman–Crippen MR) is 99.4 cm³/mol. The Balaban J connectivity index is 1.38. The van der Waals surface area contributed by atoms with Crippen LogP contribution in [-0.2, 0) is 0 Å². The number of halogens is 1. The van der Waals surface area contributed by atoms with Crippen LogP contribution in [0.15, 0.2) is 42.5 Å². The Morgan fingerprint density at radius 1 is 1.12 bits per heavy atom. The van der Waals surface area contributed by atoms with Gasteiger partial charge in [0, 0.05) is 29.8 Å². The molecule has 1 fully saturated rings. The van der Waals surface area contributed by atoms with Gasteiger partial charge >= 0.3 is 6.03 Å². The van der Waals surface area contributed by atoms with Gasteiger partial charge in [-0.1, -0.05) is 6.07 Å². The molecule has 2 heterocycles. The minimum atomic E-state index is -0.319. The second-order valence-corrected chi connectivity index (χ2v) is 7.50. The Morgan fingerprint density at radius 3 is 2.77 bits per heavy atom. The number of carbonyl (C=O) groups is 1. The van der Waals surface area contributed by atoms with Gasteiger partial charge < -0.3 is 19.7 Å². The third-order valence-electron chi connectivity index (χ3n) is 4.49. The first-order valence-electron chi connectivity index (χ1n) is 8.52. The highest BCUT2D eigenvalue weighted by Gasteiger charge is 2.24. The van der Waals surface area contributed by atoms with Crippen molar-refractivity contribution >= 4 is 23.5 Å². The van der Waals surface area contributed by atoms with Crippen LogP contribution in [0.3, 0.4) is 0 Å². The lowest BCUT2D eigenvalue weighted by atomic mass is 10.1. The number of rotatable bonds is 2. The number of benzene rings is 2. The third kappa shape index (κ3) is 3.72. The van der Waals surface area contributed by atoms with E-state index in [0.29, 0.717) is 24.0 Å². The number of hydrogen-bond donors (Lipinski definition) is 1. The van der Waals surface area contributed by atoms with Crippen molar-refractivity contribution in [2.24, 2.45) is 0 Å². The highest BCUT2D eigenvalue weighted by molar-refractivity contribution is 7.99. The standard InChI is InChI=1S/C19H19FN2O3S/c20-14-2-4-15(5-3-14)21-19(23)22-8-7-18(26-10-9-22)13-1-6-16-17(11-13)25-12-24-16/h1-6,11,18H,7-10,12H2,(H,21,23). The topological polar surface area (TPSA) is 50.8 Å². The number of urea groups is 1. The first kappa shape index (κ1) is 17.0. The number of ether oxygens (including phenoxy) is 2. The third-order valence-corrected chi connectivity index (χ3v) is 5.82. The lowest BCUT2D eigenvalue weighted by Crippen LogP contribution is -2.36. The van der Waals surface area contributed by atoms with E-state index in [1.807, 2.05) is 28.8 Å². The zero-order valence-electron chi connectivity index (χ0n) is 14.1. The summed E-state index contributed by atoms with van der Waals surface area (Å²) in [5, 5.41) is 3.14. The summed E-state index contributed by atoms with van der Waals surface area (Å²) in [4.78, 5) is 14.3. The van der Waals surface area contributed by atoms with Gasteiger partial charge in [-0.05, 0) is 48.4 Å². The summed E-state index contributed by atoms with van der Waals surface area (Å²) < 4.78 is 23.8. The van der Waals surface area contributed by atoms with E-state index in [1.165, 1.54) is 17.7 Å². The van der Waals surface area contributed by atoms with Crippen LogP contribution in [0.2, 0.25) is 0 Å². The van der Waals surface area contributed by atoms with Crippen molar-refractivity contribution in [1.82, 2.24) is 4.90 Å². The molecule has 0 radical (unpaired) electrons. The Kier molecular flexibility index (Phi) is 4.88. The van der Waals surface area contributed by atoms with Crippen LogP contribution in [-0.4, -0.2) is 36.6 Å². The lowest BCUT2D eigenvalue weighted by molar-refractivity contribution is 0.174. The van der Waals surface area contributed by atoms with Crippen molar-refractivity contribution < 1.29 is 18.7 Å². The number of carbonyl (C=O) groups excluding carboxylic acids is 1. The molecule has 0 aromatic heterocycles. The molecule has 7 heteroatoms. The Hall–Kier alpha value is -2.41. The molecule has 2 aromatic carbocycles. The van der Waals surface area contributed by atoms with Gasteiger partial charge in [-0.2, -0.15) is 11.8 Å². The summed E-state index contributed by atoms with van der Waals surface area (Å²) >= 11 is 1.84. The Labute approximate surface area is 155 Å².